The third-order valence-electron chi connectivity index (χ3n) is 1.64. The molecule has 3 heteroatoms. The quantitative estimate of drug-likeness (QED) is 0.543. The highest BCUT2D eigenvalue weighted by Gasteiger charge is 1.92. The predicted molar refractivity (Wildman–Crippen MR) is 56.8 cm³/mol. The molecule has 1 aromatic rings. The van der Waals surface area contributed by atoms with E-state index in [9.17, 15) is 4.79 Å². The number of benzene rings is 1. The van der Waals surface area contributed by atoms with Crippen LogP contribution in [0, 0.1) is 12.3 Å². The molecule has 2 N–H and O–H groups in total. The third-order valence-corrected chi connectivity index (χ3v) is 1.64. The molecule has 0 unspecified atom stereocenters. The van der Waals surface area contributed by atoms with Gasteiger partial charge < -0.3 is 10.6 Å². The van der Waals surface area contributed by atoms with E-state index in [1.807, 2.05) is 36.3 Å². The summed E-state index contributed by atoms with van der Waals surface area (Å²) in [5, 5.41) is 5.71. The Kier molecular flexibility index (Phi) is 4.09. The zero-order chi connectivity index (χ0) is 10.2. The van der Waals surface area contributed by atoms with E-state index in [4.69, 9.17) is 6.42 Å². The summed E-state index contributed by atoms with van der Waals surface area (Å²) in [7, 11) is 0. The fraction of sp³-hybridized carbons (Fsp3) is 0.182. The van der Waals surface area contributed by atoms with E-state index in [0.717, 1.165) is 5.69 Å². The first kappa shape index (κ1) is 10.1. The minimum Gasteiger partial charge on any atom is -0.383 e. The molecule has 0 bridgehead atoms. The smallest absolute Gasteiger partial charge is 0.295 e. The van der Waals surface area contributed by atoms with Gasteiger partial charge in [-0.25, -0.2) is 0 Å². The van der Waals surface area contributed by atoms with Crippen LogP contribution in [0.25, 0.3) is 0 Å². The van der Waals surface area contributed by atoms with Gasteiger partial charge in [-0.3, -0.25) is 4.79 Å². The summed E-state index contributed by atoms with van der Waals surface area (Å²) in [5.41, 5.74) is 1.03. The van der Waals surface area contributed by atoms with Crippen molar-refractivity contribution in [1.82, 2.24) is 5.32 Å². The number of hydrogen-bond acceptors (Lipinski definition) is 2. The molecule has 14 heavy (non-hydrogen) atoms. The maximum absolute atomic E-state index is 10.6. The second-order valence-corrected chi connectivity index (χ2v) is 2.69. The maximum Gasteiger partial charge on any atom is 0.295 e. The molecular formula is C11H12N2O. The number of rotatable bonds is 4. The van der Waals surface area contributed by atoms with E-state index < -0.39 is 0 Å². The van der Waals surface area contributed by atoms with Crippen molar-refractivity contribution in [3.63, 3.8) is 0 Å². The molecule has 72 valence electrons. The summed E-state index contributed by atoms with van der Waals surface area (Å²) in [4.78, 5) is 10.6. The Labute approximate surface area is 83.5 Å². The van der Waals surface area contributed by atoms with Crippen molar-refractivity contribution in [1.29, 1.82) is 0 Å². The van der Waals surface area contributed by atoms with Gasteiger partial charge in [0.25, 0.3) is 5.91 Å². The van der Waals surface area contributed by atoms with Crippen LogP contribution in [0.5, 0.6) is 0 Å². The van der Waals surface area contributed by atoms with Crippen LogP contribution in [0.2, 0.25) is 0 Å². The summed E-state index contributed by atoms with van der Waals surface area (Å²) in [6.45, 7) is 1.19. The van der Waals surface area contributed by atoms with Gasteiger partial charge in [-0.15, -0.1) is 6.42 Å². The van der Waals surface area contributed by atoms with Crippen molar-refractivity contribution in [2.24, 2.45) is 0 Å². The van der Waals surface area contributed by atoms with E-state index in [1.165, 1.54) is 0 Å². The molecule has 0 aliphatic carbocycles. The van der Waals surface area contributed by atoms with Gasteiger partial charge in [0.15, 0.2) is 0 Å². The fourth-order valence-corrected chi connectivity index (χ4v) is 0.990. The van der Waals surface area contributed by atoms with Crippen LogP contribution in [0.1, 0.15) is 0 Å². The van der Waals surface area contributed by atoms with Gasteiger partial charge in [-0.05, 0) is 18.1 Å². The number of para-hydroxylation sites is 1. The molecule has 0 spiro atoms. The summed E-state index contributed by atoms with van der Waals surface area (Å²) in [6.07, 6.45) is 4.88. The highest BCUT2D eigenvalue weighted by Crippen LogP contribution is 2.03. The first-order valence-corrected chi connectivity index (χ1v) is 4.36. The fourth-order valence-electron chi connectivity index (χ4n) is 0.990. The topological polar surface area (TPSA) is 41.1 Å². The number of carbonyl (C=O) groups excluding carboxylic acids is 1. The van der Waals surface area contributed by atoms with Gasteiger partial charge >= 0.3 is 0 Å². The lowest BCUT2D eigenvalue weighted by Crippen LogP contribution is -2.27. The van der Waals surface area contributed by atoms with Gasteiger partial charge in [-0.2, -0.15) is 0 Å². The van der Waals surface area contributed by atoms with E-state index in [2.05, 4.69) is 10.6 Å². The Morgan fingerprint density at radius 2 is 2.00 bits per heavy atom. The Balaban J connectivity index is 2.17. The minimum absolute atomic E-state index is 0.375. The standard InChI is InChI=1S/C11H12N2O/c1-2-11(14)13-9-8-12-10-6-4-3-5-7-10/h1,3-7,12H,8-9H2,(H,13,14). The number of anilines is 1. The first-order chi connectivity index (χ1) is 6.83. The van der Waals surface area contributed by atoms with Gasteiger partial charge in [0.2, 0.25) is 0 Å². The van der Waals surface area contributed by atoms with Gasteiger partial charge in [0.1, 0.15) is 0 Å². The van der Waals surface area contributed by atoms with Crippen molar-refractivity contribution in [2.75, 3.05) is 18.4 Å². The lowest BCUT2D eigenvalue weighted by atomic mass is 10.3. The molecule has 0 fully saturated rings. The van der Waals surface area contributed by atoms with Crippen LogP contribution in [-0.2, 0) is 4.79 Å². The molecule has 1 rings (SSSR count). The summed E-state index contributed by atoms with van der Waals surface area (Å²) < 4.78 is 0. The molecule has 3 nitrogen and oxygen atoms in total. The van der Waals surface area contributed by atoms with Crippen LogP contribution < -0.4 is 10.6 Å². The van der Waals surface area contributed by atoms with Crippen LogP contribution in [0.15, 0.2) is 30.3 Å². The van der Waals surface area contributed by atoms with Crippen molar-refractivity contribution >= 4 is 11.6 Å². The van der Waals surface area contributed by atoms with Crippen LogP contribution >= 0.6 is 0 Å². The Bertz CT molecular complexity index is 327. The number of terminal acetylenes is 1. The van der Waals surface area contributed by atoms with E-state index in [0.29, 0.717) is 13.1 Å². The van der Waals surface area contributed by atoms with Crippen molar-refractivity contribution < 1.29 is 4.79 Å². The van der Waals surface area contributed by atoms with Crippen molar-refractivity contribution in [3.05, 3.63) is 30.3 Å². The summed E-state index contributed by atoms with van der Waals surface area (Å²) in [6, 6.07) is 9.77. The molecular weight excluding hydrogens is 176 g/mol. The second kappa shape index (κ2) is 5.65. The van der Waals surface area contributed by atoms with Gasteiger partial charge in [-0.1, -0.05) is 18.2 Å². The Morgan fingerprint density at radius 3 is 2.64 bits per heavy atom. The van der Waals surface area contributed by atoms with E-state index in [1.54, 1.807) is 0 Å². The largest absolute Gasteiger partial charge is 0.383 e. The lowest BCUT2D eigenvalue weighted by Gasteiger charge is -2.05. The van der Waals surface area contributed by atoms with Crippen LogP contribution in [0.4, 0.5) is 5.69 Å². The Hall–Kier alpha value is -1.95. The highest BCUT2D eigenvalue weighted by atomic mass is 16.1. The van der Waals surface area contributed by atoms with Crippen molar-refractivity contribution in [3.8, 4) is 12.3 Å². The Morgan fingerprint density at radius 1 is 1.29 bits per heavy atom. The molecule has 1 aromatic carbocycles. The third kappa shape index (κ3) is 3.63. The average molecular weight is 188 g/mol. The average Bonchev–Trinajstić information content (AvgIpc) is 2.25. The van der Waals surface area contributed by atoms with E-state index >= 15 is 0 Å². The molecule has 0 radical (unpaired) electrons. The van der Waals surface area contributed by atoms with Gasteiger partial charge in [0.05, 0.1) is 0 Å². The highest BCUT2D eigenvalue weighted by molar-refractivity contribution is 5.92. The first-order valence-electron chi connectivity index (χ1n) is 4.36. The molecule has 0 aromatic heterocycles. The molecule has 1 amide bonds. The number of amides is 1. The van der Waals surface area contributed by atoms with Crippen LogP contribution in [0.3, 0.4) is 0 Å². The SMILES string of the molecule is C#CC(=O)NCCNc1ccccc1. The summed E-state index contributed by atoms with van der Waals surface area (Å²) in [5.74, 6) is 1.61. The lowest BCUT2D eigenvalue weighted by molar-refractivity contribution is -0.115. The molecule has 0 aliphatic rings. The second-order valence-electron chi connectivity index (χ2n) is 2.69. The molecule has 0 saturated carbocycles. The zero-order valence-corrected chi connectivity index (χ0v) is 7.79. The predicted octanol–water partition coefficient (Wildman–Crippen LogP) is 0.848. The van der Waals surface area contributed by atoms with Gasteiger partial charge in [0, 0.05) is 18.8 Å². The van der Waals surface area contributed by atoms with Crippen LogP contribution in [-0.4, -0.2) is 19.0 Å². The maximum atomic E-state index is 10.6. The molecule has 0 saturated heterocycles. The normalized spacial score (nSPS) is 8.79. The summed E-state index contributed by atoms with van der Waals surface area (Å²) >= 11 is 0. The van der Waals surface area contributed by atoms with Crippen molar-refractivity contribution in [2.45, 2.75) is 0 Å². The molecule has 0 atom stereocenters. The zero-order valence-electron chi connectivity index (χ0n) is 7.79. The number of carbonyl (C=O) groups is 1. The molecule has 0 aliphatic heterocycles. The number of hydrogen-bond donors (Lipinski definition) is 2. The molecule has 0 heterocycles. The minimum atomic E-state index is -0.375. The number of nitrogens with one attached hydrogen (secondary N) is 2. The monoisotopic (exact) mass is 188 g/mol. The van der Waals surface area contributed by atoms with E-state index in [-0.39, 0.29) is 5.91 Å².